The normalized spacial score (nSPS) is 28.8. The minimum Gasteiger partial charge on any atom is -0.481 e. The van der Waals surface area contributed by atoms with E-state index in [2.05, 4.69) is 5.32 Å². The summed E-state index contributed by atoms with van der Waals surface area (Å²) in [4.78, 5) is 23.8. The standard InChI is InChI=1S/C16H14F3NO3/c17-16(18,19)10-2-1-3-11(7-10)20-14(21)12-8-4-5-9(6-8)13(12)15(22)23/h1-5,7-9,12-13H,6H2,(H,20,21)(H,22,23)/t8-,9-,12-,13+/m0/s1. The van der Waals surface area contributed by atoms with Crippen molar-refractivity contribution in [2.24, 2.45) is 23.7 Å². The highest BCUT2D eigenvalue weighted by molar-refractivity contribution is 5.96. The zero-order chi connectivity index (χ0) is 16.8. The molecule has 4 nitrogen and oxygen atoms in total. The first kappa shape index (κ1) is 15.6. The van der Waals surface area contributed by atoms with E-state index in [-0.39, 0.29) is 17.5 Å². The summed E-state index contributed by atoms with van der Waals surface area (Å²) < 4.78 is 38.1. The van der Waals surface area contributed by atoms with Gasteiger partial charge in [-0.1, -0.05) is 18.2 Å². The van der Waals surface area contributed by atoms with E-state index >= 15 is 0 Å². The highest BCUT2D eigenvalue weighted by Crippen LogP contribution is 2.48. The number of allylic oxidation sites excluding steroid dienone is 2. The molecule has 0 saturated heterocycles. The van der Waals surface area contributed by atoms with E-state index in [4.69, 9.17) is 0 Å². The fourth-order valence-electron chi connectivity index (χ4n) is 3.52. The summed E-state index contributed by atoms with van der Waals surface area (Å²) >= 11 is 0. The number of nitrogens with one attached hydrogen (secondary N) is 1. The summed E-state index contributed by atoms with van der Waals surface area (Å²) in [5.74, 6) is -3.53. The van der Waals surface area contributed by atoms with Crippen molar-refractivity contribution in [3.8, 4) is 0 Å². The molecule has 1 saturated carbocycles. The van der Waals surface area contributed by atoms with Gasteiger partial charge >= 0.3 is 12.1 Å². The average molecular weight is 325 g/mol. The van der Waals surface area contributed by atoms with Crippen molar-refractivity contribution in [1.29, 1.82) is 0 Å². The number of carboxylic acid groups (broad SMARTS) is 1. The molecule has 0 heterocycles. The lowest BCUT2D eigenvalue weighted by molar-refractivity contribution is -0.146. The van der Waals surface area contributed by atoms with Crippen LogP contribution in [0.15, 0.2) is 36.4 Å². The molecule has 4 atom stereocenters. The molecule has 0 unspecified atom stereocenters. The van der Waals surface area contributed by atoms with Crippen LogP contribution in [0, 0.1) is 23.7 Å². The van der Waals surface area contributed by atoms with Crippen LogP contribution in [0.4, 0.5) is 18.9 Å². The van der Waals surface area contributed by atoms with Gasteiger partial charge in [0, 0.05) is 5.69 Å². The van der Waals surface area contributed by atoms with Gasteiger partial charge in [-0.2, -0.15) is 13.2 Å². The van der Waals surface area contributed by atoms with Gasteiger partial charge in [0.25, 0.3) is 0 Å². The van der Waals surface area contributed by atoms with E-state index in [0.29, 0.717) is 6.42 Å². The van der Waals surface area contributed by atoms with E-state index in [1.807, 2.05) is 6.08 Å². The molecule has 2 aliphatic carbocycles. The Labute approximate surface area is 130 Å². The first-order valence-electron chi connectivity index (χ1n) is 7.16. The number of rotatable bonds is 3. The Bertz CT molecular complexity index is 683. The molecule has 1 amide bonds. The third-order valence-electron chi connectivity index (χ3n) is 4.50. The predicted molar refractivity (Wildman–Crippen MR) is 75.4 cm³/mol. The molecule has 2 aliphatic rings. The lowest BCUT2D eigenvalue weighted by Gasteiger charge is -2.24. The van der Waals surface area contributed by atoms with Gasteiger partial charge in [-0.15, -0.1) is 0 Å². The summed E-state index contributed by atoms with van der Waals surface area (Å²) in [6.45, 7) is 0. The van der Waals surface area contributed by atoms with E-state index in [1.54, 1.807) is 6.08 Å². The minimum absolute atomic E-state index is 0.0146. The highest BCUT2D eigenvalue weighted by atomic mass is 19.4. The molecule has 23 heavy (non-hydrogen) atoms. The Kier molecular flexibility index (Phi) is 3.66. The zero-order valence-corrected chi connectivity index (χ0v) is 11.9. The quantitative estimate of drug-likeness (QED) is 0.839. The van der Waals surface area contributed by atoms with Crippen molar-refractivity contribution in [2.75, 3.05) is 5.32 Å². The zero-order valence-electron chi connectivity index (χ0n) is 11.9. The Hall–Kier alpha value is -2.31. The molecule has 2 bridgehead atoms. The minimum atomic E-state index is -4.50. The molecule has 3 rings (SSSR count). The second-order valence-corrected chi connectivity index (χ2v) is 5.91. The number of amides is 1. The molecule has 0 radical (unpaired) electrons. The van der Waals surface area contributed by atoms with Crippen LogP contribution < -0.4 is 5.32 Å². The van der Waals surface area contributed by atoms with Gasteiger partial charge in [-0.25, -0.2) is 0 Å². The molecular formula is C16H14F3NO3. The van der Waals surface area contributed by atoms with Gasteiger partial charge < -0.3 is 10.4 Å². The van der Waals surface area contributed by atoms with Gasteiger partial charge in [-0.05, 0) is 36.5 Å². The van der Waals surface area contributed by atoms with Crippen molar-refractivity contribution in [2.45, 2.75) is 12.6 Å². The van der Waals surface area contributed by atoms with Gasteiger partial charge in [0.15, 0.2) is 0 Å². The topological polar surface area (TPSA) is 66.4 Å². The summed E-state index contributed by atoms with van der Waals surface area (Å²) in [6, 6.07) is 4.31. The maximum Gasteiger partial charge on any atom is 0.416 e. The second kappa shape index (κ2) is 5.40. The van der Waals surface area contributed by atoms with Crippen LogP contribution >= 0.6 is 0 Å². The lowest BCUT2D eigenvalue weighted by atomic mass is 9.82. The van der Waals surface area contributed by atoms with E-state index in [1.165, 1.54) is 12.1 Å². The van der Waals surface area contributed by atoms with Crippen molar-refractivity contribution in [1.82, 2.24) is 0 Å². The Morgan fingerprint density at radius 3 is 2.39 bits per heavy atom. The number of aliphatic carboxylic acids is 1. The van der Waals surface area contributed by atoms with Crippen molar-refractivity contribution >= 4 is 17.6 Å². The molecule has 1 aromatic carbocycles. The summed E-state index contributed by atoms with van der Waals surface area (Å²) in [5, 5.41) is 11.7. The number of anilines is 1. The first-order chi connectivity index (χ1) is 10.8. The third-order valence-corrected chi connectivity index (χ3v) is 4.50. The second-order valence-electron chi connectivity index (χ2n) is 5.91. The smallest absolute Gasteiger partial charge is 0.416 e. The van der Waals surface area contributed by atoms with Crippen LogP contribution in [0.1, 0.15) is 12.0 Å². The largest absolute Gasteiger partial charge is 0.481 e. The van der Waals surface area contributed by atoms with Gasteiger partial charge in [-0.3, -0.25) is 9.59 Å². The SMILES string of the molecule is O=C(Nc1cccc(C(F)(F)F)c1)[C@@H]1[C@H](C(=O)O)[C@H]2C=C[C@H]1C2. The molecule has 1 fully saturated rings. The predicted octanol–water partition coefficient (Wildman–Crippen LogP) is 3.17. The molecule has 0 aromatic heterocycles. The number of carbonyl (C=O) groups is 2. The molecular weight excluding hydrogens is 311 g/mol. The van der Waals surface area contributed by atoms with Gasteiger partial charge in [0.05, 0.1) is 17.4 Å². The maximum atomic E-state index is 12.7. The van der Waals surface area contributed by atoms with Crippen LogP contribution in [0.5, 0.6) is 0 Å². The van der Waals surface area contributed by atoms with Gasteiger partial charge in [0.1, 0.15) is 0 Å². The molecule has 0 aliphatic heterocycles. The van der Waals surface area contributed by atoms with Crippen molar-refractivity contribution < 1.29 is 27.9 Å². The summed E-state index contributed by atoms with van der Waals surface area (Å²) in [5.41, 5.74) is -0.848. The Morgan fingerprint density at radius 2 is 1.78 bits per heavy atom. The number of benzene rings is 1. The summed E-state index contributed by atoms with van der Waals surface area (Å²) in [7, 11) is 0. The van der Waals surface area contributed by atoms with Crippen LogP contribution in [0.2, 0.25) is 0 Å². The van der Waals surface area contributed by atoms with E-state index < -0.39 is 35.5 Å². The number of hydrogen-bond acceptors (Lipinski definition) is 2. The monoisotopic (exact) mass is 325 g/mol. The number of fused-ring (bicyclic) bond motifs is 2. The first-order valence-corrected chi connectivity index (χ1v) is 7.16. The third kappa shape index (κ3) is 2.83. The van der Waals surface area contributed by atoms with Crippen LogP contribution in [0.3, 0.4) is 0 Å². The number of halogens is 3. The maximum absolute atomic E-state index is 12.7. The number of carboxylic acids is 1. The van der Waals surface area contributed by atoms with E-state index in [9.17, 15) is 27.9 Å². The van der Waals surface area contributed by atoms with Crippen LogP contribution in [-0.4, -0.2) is 17.0 Å². The molecule has 7 heteroatoms. The Balaban J connectivity index is 1.80. The number of alkyl halides is 3. The van der Waals surface area contributed by atoms with Crippen LogP contribution in [0.25, 0.3) is 0 Å². The fourth-order valence-corrected chi connectivity index (χ4v) is 3.52. The average Bonchev–Trinajstić information content (AvgIpc) is 3.07. The molecule has 0 spiro atoms. The molecule has 2 N–H and O–H groups in total. The van der Waals surface area contributed by atoms with Crippen LogP contribution in [-0.2, 0) is 15.8 Å². The number of carbonyl (C=O) groups excluding carboxylic acids is 1. The number of hydrogen-bond donors (Lipinski definition) is 2. The van der Waals surface area contributed by atoms with Crippen molar-refractivity contribution in [3.63, 3.8) is 0 Å². The van der Waals surface area contributed by atoms with E-state index in [0.717, 1.165) is 12.1 Å². The Morgan fingerprint density at radius 1 is 1.13 bits per heavy atom. The highest BCUT2D eigenvalue weighted by Gasteiger charge is 2.51. The van der Waals surface area contributed by atoms with Crippen molar-refractivity contribution in [3.05, 3.63) is 42.0 Å². The molecule has 1 aromatic rings. The van der Waals surface area contributed by atoms with Gasteiger partial charge in [0.2, 0.25) is 5.91 Å². The molecule has 122 valence electrons. The fraction of sp³-hybridized carbons (Fsp3) is 0.375. The summed E-state index contributed by atoms with van der Waals surface area (Å²) in [6.07, 6.45) is -0.283. The lowest BCUT2D eigenvalue weighted by Crippen LogP contribution is -2.36.